The van der Waals surface area contributed by atoms with Crippen LogP contribution < -0.4 is 0 Å². The van der Waals surface area contributed by atoms with Gasteiger partial charge in [-0.3, -0.25) is 4.79 Å². The first-order valence-corrected chi connectivity index (χ1v) is 11.6. The van der Waals surface area contributed by atoms with Crippen molar-refractivity contribution in [1.29, 1.82) is 0 Å². The van der Waals surface area contributed by atoms with Crippen LogP contribution in [0, 0.1) is 13.0 Å². The Morgan fingerprint density at radius 2 is 1.65 bits per heavy atom. The number of carbonyl (C=O) groups is 1. The van der Waals surface area contributed by atoms with Crippen LogP contribution in [0.2, 0.25) is 0 Å². The van der Waals surface area contributed by atoms with Crippen molar-refractivity contribution in [2.75, 3.05) is 0 Å². The maximum Gasteiger partial charge on any atom is 0.155 e. The van der Waals surface area contributed by atoms with Crippen molar-refractivity contribution in [1.82, 2.24) is 4.98 Å². The maximum absolute atomic E-state index is 10.0. The van der Waals surface area contributed by atoms with E-state index in [-0.39, 0.29) is 31.6 Å². The van der Waals surface area contributed by atoms with E-state index in [0.717, 1.165) is 61.1 Å². The van der Waals surface area contributed by atoms with Gasteiger partial charge in [0.1, 0.15) is 16.9 Å². The molecule has 1 N–H and O–H groups in total. The second-order valence-corrected chi connectivity index (χ2v) is 8.62. The Bertz CT molecular complexity index is 1740. The standard InChI is InChI=1S/C26H16NO2.C5H8O2.Ir/c1-16-13-20-19-9-5-6-10-22(19)28-26(20)21(14-16)24-25-18(11-12-27-24)15-23(29-25)17-7-3-2-4-8-17;1-4(6)3-5(2)7;/h2-13,15H,1H3;3,6H,1-2H3;/q-1;;/b;4-3-;. The molecule has 3 aromatic carbocycles. The zero-order valence-corrected chi connectivity index (χ0v) is 22.9. The van der Waals surface area contributed by atoms with E-state index < -0.39 is 0 Å². The van der Waals surface area contributed by atoms with E-state index in [1.807, 2.05) is 67.7 Å². The molecule has 0 unspecified atom stereocenters. The van der Waals surface area contributed by atoms with Gasteiger partial charge in [0.2, 0.25) is 0 Å². The topological polar surface area (TPSA) is 76.5 Å². The predicted octanol–water partition coefficient (Wildman–Crippen LogP) is 8.20. The van der Waals surface area contributed by atoms with Crippen LogP contribution in [-0.2, 0) is 24.9 Å². The monoisotopic (exact) mass is 667 g/mol. The summed E-state index contributed by atoms with van der Waals surface area (Å²) in [5.41, 5.74) is 6.04. The van der Waals surface area contributed by atoms with Crippen LogP contribution in [0.25, 0.3) is 55.5 Å². The zero-order chi connectivity index (χ0) is 25.2. The van der Waals surface area contributed by atoms with Gasteiger partial charge in [0.25, 0.3) is 0 Å². The molecule has 0 aliphatic heterocycles. The molecule has 1 radical (unpaired) electrons. The third kappa shape index (κ3) is 5.41. The molecule has 0 amide bonds. The average Bonchev–Trinajstić information content (AvgIpc) is 3.45. The van der Waals surface area contributed by atoms with Gasteiger partial charge in [-0.15, -0.1) is 17.7 Å². The quantitative estimate of drug-likeness (QED) is 0.117. The first-order valence-electron chi connectivity index (χ1n) is 11.6. The Morgan fingerprint density at radius 3 is 2.35 bits per heavy atom. The van der Waals surface area contributed by atoms with E-state index in [4.69, 9.17) is 13.9 Å². The predicted molar refractivity (Wildman–Crippen MR) is 143 cm³/mol. The molecule has 0 atom stereocenters. The van der Waals surface area contributed by atoms with Crippen LogP contribution in [-0.4, -0.2) is 15.9 Å². The van der Waals surface area contributed by atoms with Crippen molar-refractivity contribution in [3.63, 3.8) is 0 Å². The number of allylic oxidation sites excluding steroid dienone is 2. The number of aliphatic hydroxyl groups is 1. The first kappa shape index (κ1) is 26.1. The third-order valence-electron chi connectivity index (χ3n) is 5.68. The van der Waals surface area contributed by atoms with Crippen molar-refractivity contribution in [3.8, 4) is 22.6 Å². The number of ketones is 1. The second kappa shape index (κ2) is 11.0. The minimum atomic E-state index is -0.125. The van der Waals surface area contributed by atoms with Gasteiger partial charge in [-0.05, 0) is 32.0 Å². The molecule has 6 heteroatoms. The molecule has 0 saturated heterocycles. The maximum atomic E-state index is 10.0. The number of benzene rings is 3. The first-order chi connectivity index (χ1) is 17.4. The number of aryl methyl sites for hydroxylation is 1. The number of carbonyl (C=O) groups excluding carboxylic acids is 1. The number of rotatable bonds is 3. The fraction of sp³-hybridized carbons (Fsp3) is 0.0968. The Morgan fingerprint density at radius 1 is 0.919 bits per heavy atom. The molecule has 5 nitrogen and oxygen atoms in total. The number of hydrogen-bond acceptors (Lipinski definition) is 5. The Labute approximate surface area is 227 Å². The SMILES string of the molecule is CC(=O)/C=C(/C)O.Cc1[c-]c(-c2nccc3cc(-c4ccccc4)oc23)c2oc3ccccc3c2c1.[Ir]. The van der Waals surface area contributed by atoms with Gasteiger partial charge in [-0.1, -0.05) is 66.4 Å². The molecule has 0 spiro atoms. The summed E-state index contributed by atoms with van der Waals surface area (Å²) in [6, 6.07) is 27.8. The molecule has 0 aliphatic rings. The Kier molecular flexibility index (Phi) is 7.72. The van der Waals surface area contributed by atoms with E-state index >= 15 is 0 Å². The number of furan rings is 2. The van der Waals surface area contributed by atoms with Gasteiger partial charge in [0, 0.05) is 54.4 Å². The summed E-state index contributed by atoms with van der Waals surface area (Å²) in [6.07, 6.45) is 2.98. The minimum Gasteiger partial charge on any atom is -0.512 e. The van der Waals surface area contributed by atoms with Crippen LogP contribution in [0.4, 0.5) is 0 Å². The summed E-state index contributed by atoms with van der Waals surface area (Å²) < 4.78 is 12.5. The summed E-state index contributed by atoms with van der Waals surface area (Å²) >= 11 is 0. The molecule has 187 valence electrons. The van der Waals surface area contributed by atoms with Crippen molar-refractivity contribution >= 4 is 38.7 Å². The zero-order valence-electron chi connectivity index (χ0n) is 20.5. The fourth-order valence-electron chi connectivity index (χ4n) is 4.25. The smallest absolute Gasteiger partial charge is 0.155 e. The largest absolute Gasteiger partial charge is 0.512 e. The number of hydrogen-bond donors (Lipinski definition) is 1. The molecular formula is C31H24IrNO4-. The summed E-state index contributed by atoms with van der Waals surface area (Å²) in [7, 11) is 0. The van der Waals surface area contributed by atoms with Gasteiger partial charge in [-0.25, -0.2) is 0 Å². The van der Waals surface area contributed by atoms with Crippen LogP contribution in [0.15, 0.2) is 99.7 Å². The van der Waals surface area contributed by atoms with Crippen LogP contribution in [0.3, 0.4) is 0 Å². The molecule has 37 heavy (non-hydrogen) atoms. The number of para-hydroxylation sites is 1. The van der Waals surface area contributed by atoms with Gasteiger partial charge >= 0.3 is 0 Å². The summed E-state index contributed by atoms with van der Waals surface area (Å²) in [4.78, 5) is 14.7. The van der Waals surface area contributed by atoms with Crippen LogP contribution >= 0.6 is 0 Å². The van der Waals surface area contributed by atoms with Gasteiger partial charge < -0.3 is 18.9 Å². The summed E-state index contributed by atoms with van der Waals surface area (Å²) in [5, 5.41) is 11.5. The fourth-order valence-corrected chi connectivity index (χ4v) is 4.25. The molecule has 0 aliphatic carbocycles. The Hall–Kier alpha value is -3.99. The molecule has 0 saturated carbocycles. The van der Waals surface area contributed by atoms with E-state index in [2.05, 4.69) is 29.2 Å². The van der Waals surface area contributed by atoms with Gasteiger partial charge in [0.05, 0.1) is 11.3 Å². The van der Waals surface area contributed by atoms with Crippen molar-refractivity contribution < 1.29 is 38.8 Å². The van der Waals surface area contributed by atoms with E-state index in [0.29, 0.717) is 0 Å². The third-order valence-corrected chi connectivity index (χ3v) is 5.68. The summed E-state index contributed by atoms with van der Waals surface area (Å²) in [6.45, 7) is 4.89. The molecule has 3 aromatic heterocycles. The van der Waals surface area contributed by atoms with Crippen molar-refractivity contribution in [3.05, 3.63) is 102 Å². The normalized spacial score (nSPS) is 11.3. The molecule has 6 aromatic rings. The van der Waals surface area contributed by atoms with Crippen molar-refractivity contribution in [2.45, 2.75) is 20.8 Å². The molecular weight excluding hydrogens is 643 g/mol. The van der Waals surface area contributed by atoms with Crippen molar-refractivity contribution in [2.24, 2.45) is 0 Å². The Balaban J connectivity index is 0.000000356. The van der Waals surface area contributed by atoms with E-state index in [1.165, 1.54) is 19.9 Å². The second-order valence-electron chi connectivity index (χ2n) is 8.62. The van der Waals surface area contributed by atoms with E-state index in [9.17, 15) is 4.79 Å². The minimum absolute atomic E-state index is 0. The number of aliphatic hydroxyl groups excluding tert-OH is 1. The molecule has 0 fully saturated rings. The van der Waals surface area contributed by atoms with E-state index in [1.54, 1.807) is 0 Å². The number of aromatic nitrogens is 1. The van der Waals surface area contributed by atoms with Gasteiger partial charge in [-0.2, -0.15) is 0 Å². The molecule has 0 bridgehead atoms. The van der Waals surface area contributed by atoms with Crippen LogP contribution in [0.5, 0.6) is 0 Å². The van der Waals surface area contributed by atoms with Crippen LogP contribution in [0.1, 0.15) is 19.4 Å². The van der Waals surface area contributed by atoms with Gasteiger partial charge in [0.15, 0.2) is 5.78 Å². The average molecular weight is 667 g/mol. The molecule has 3 heterocycles. The summed E-state index contributed by atoms with van der Waals surface area (Å²) in [5.74, 6) is 0.760. The number of nitrogens with zero attached hydrogens (tertiary/aromatic N) is 1. The molecule has 6 rings (SSSR count). The number of fused-ring (bicyclic) bond motifs is 4. The number of pyridine rings is 1.